The zero-order chi connectivity index (χ0) is 17.0. The van der Waals surface area contributed by atoms with Crippen LogP contribution >= 0.6 is 0 Å². The Labute approximate surface area is 138 Å². The Hall–Kier alpha value is -1.59. The molecule has 1 aliphatic heterocycles. The van der Waals surface area contributed by atoms with Gasteiger partial charge in [0.1, 0.15) is 5.75 Å². The van der Waals surface area contributed by atoms with Crippen molar-refractivity contribution in [2.45, 2.75) is 38.8 Å². The van der Waals surface area contributed by atoms with Crippen LogP contribution in [0.3, 0.4) is 0 Å². The second-order valence-electron chi connectivity index (χ2n) is 6.80. The van der Waals surface area contributed by atoms with Crippen molar-refractivity contribution in [1.82, 2.24) is 10.2 Å². The van der Waals surface area contributed by atoms with Crippen LogP contribution in [0.4, 0.5) is 0 Å². The topological polar surface area (TPSA) is 61.8 Å². The lowest BCUT2D eigenvalue weighted by atomic mass is 9.90. The molecular weight excluding hydrogens is 292 g/mol. The van der Waals surface area contributed by atoms with Gasteiger partial charge in [0, 0.05) is 13.1 Å². The van der Waals surface area contributed by atoms with Gasteiger partial charge in [-0.3, -0.25) is 4.79 Å². The number of carbonyl (C=O) groups is 1. The summed E-state index contributed by atoms with van der Waals surface area (Å²) in [5, 5.41) is 13.2. The molecule has 23 heavy (non-hydrogen) atoms. The predicted molar refractivity (Wildman–Crippen MR) is 90.4 cm³/mol. The average Bonchev–Trinajstić information content (AvgIpc) is 2.50. The molecule has 1 aliphatic rings. The van der Waals surface area contributed by atoms with Crippen molar-refractivity contribution in [3.63, 3.8) is 0 Å². The molecule has 1 heterocycles. The summed E-state index contributed by atoms with van der Waals surface area (Å²) in [5.74, 6) is 0.348. The minimum absolute atomic E-state index is 0.0945. The highest BCUT2D eigenvalue weighted by Gasteiger charge is 2.34. The molecule has 2 rings (SSSR count). The Bertz CT molecular complexity index is 528. The number of hydrogen-bond acceptors (Lipinski definition) is 4. The van der Waals surface area contributed by atoms with Gasteiger partial charge in [0.05, 0.1) is 24.2 Å². The third kappa shape index (κ3) is 4.45. The van der Waals surface area contributed by atoms with Gasteiger partial charge in [0.15, 0.2) is 0 Å². The molecule has 0 aromatic heterocycles. The van der Waals surface area contributed by atoms with E-state index in [4.69, 9.17) is 4.74 Å². The summed E-state index contributed by atoms with van der Waals surface area (Å²) in [6, 6.07) is 7.76. The maximum Gasteiger partial charge on any atom is 0.227 e. The van der Waals surface area contributed by atoms with Gasteiger partial charge < -0.3 is 20.1 Å². The van der Waals surface area contributed by atoms with Crippen molar-refractivity contribution in [2.24, 2.45) is 5.92 Å². The summed E-state index contributed by atoms with van der Waals surface area (Å²) < 4.78 is 5.45. The lowest BCUT2D eigenvalue weighted by Gasteiger charge is -2.36. The number of rotatable bonds is 5. The number of aliphatic hydroxyl groups is 1. The molecular formula is C18H28N2O3. The first-order valence-corrected chi connectivity index (χ1v) is 8.25. The molecule has 1 aromatic carbocycles. The summed E-state index contributed by atoms with van der Waals surface area (Å²) in [7, 11) is 1.98. The molecule has 0 bridgehead atoms. The SMILES string of the molecule is CCOc1ccc(C(C)(C)NC(=O)[C@@H]2CN(C)CC[C@@H]2O)cc1. The molecule has 0 radical (unpaired) electrons. The normalized spacial score (nSPS) is 22.7. The zero-order valence-corrected chi connectivity index (χ0v) is 14.5. The van der Waals surface area contributed by atoms with E-state index in [9.17, 15) is 9.90 Å². The van der Waals surface area contributed by atoms with Crippen LogP contribution in [0.15, 0.2) is 24.3 Å². The number of benzene rings is 1. The highest BCUT2D eigenvalue weighted by Crippen LogP contribution is 2.25. The molecule has 0 unspecified atom stereocenters. The molecule has 2 N–H and O–H groups in total. The van der Waals surface area contributed by atoms with E-state index >= 15 is 0 Å². The second-order valence-corrected chi connectivity index (χ2v) is 6.80. The first-order valence-electron chi connectivity index (χ1n) is 8.25. The van der Waals surface area contributed by atoms with Crippen molar-refractivity contribution in [2.75, 3.05) is 26.7 Å². The molecule has 2 atom stereocenters. The van der Waals surface area contributed by atoms with E-state index in [1.807, 2.05) is 52.1 Å². The third-order valence-corrected chi connectivity index (χ3v) is 4.44. The van der Waals surface area contributed by atoms with E-state index in [0.717, 1.165) is 17.9 Å². The number of nitrogens with zero attached hydrogens (tertiary/aromatic N) is 1. The van der Waals surface area contributed by atoms with E-state index in [0.29, 0.717) is 19.6 Å². The number of likely N-dealkylation sites (tertiary alicyclic amines) is 1. The van der Waals surface area contributed by atoms with Gasteiger partial charge in [0.2, 0.25) is 5.91 Å². The fraction of sp³-hybridized carbons (Fsp3) is 0.611. The van der Waals surface area contributed by atoms with Gasteiger partial charge in [-0.1, -0.05) is 12.1 Å². The number of hydrogen-bond donors (Lipinski definition) is 2. The van der Waals surface area contributed by atoms with E-state index < -0.39 is 11.6 Å². The van der Waals surface area contributed by atoms with Gasteiger partial charge in [-0.2, -0.15) is 0 Å². The van der Waals surface area contributed by atoms with Crippen molar-refractivity contribution in [3.8, 4) is 5.75 Å². The standard InChI is InChI=1S/C18H28N2O3/c1-5-23-14-8-6-13(7-9-14)18(2,3)19-17(22)15-12-20(4)11-10-16(15)21/h6-9,15-16,21H,5,10-12H2,1-4H3,(H,19,22)/t15-,16+/m1/s1. The lowest BCUT2D eigenvalue weighted by molar-refractivity contribution is -0.133. The summed E-state index contributed by atoms with van der Waals surface area (Å²) in [5.41, 5.74) is 0.505. The maximum absolute atomic E-state index is 12.6. The summed E-state index contributed by atoms with van der Waals surface area (Å²) in [6.45, 7) is 7.94. The van der Waals surface area contributed by atoms with Crippen molar-refractivity contribution in [3.05, 3.63) is 29.8 Å². The fourth-order valence-corrected chi connectivity index (χ4v) is 2.97. The molecule has 1 saturated heterocycles. The number of nitrogens with one attached hydrogen (secondary N) is 1. The van der Waals surface area contributed by atoms with Crippen molar-refractivity contribution in [1.29, 1.82) is 0 Å². The number of amides is 1. The Kier molecular flexibility index (Phi) is 5.65. The molecule has 1 amide bonds. The Morgan fingerprint density at radius 3 is 2.65 bits per heavy atom. The zero-order valence-electron chi connectivity index (χ0n) is 14.5. The quantitative estimate of drug-likeness (QED) is 0.868. The van der Waals surface area contributed by atoms with Crippen LogP contribution in [0, 0.1) is 5.92 Å². The first-order chi connectivity index (χ1) is 10.8. The summed E-state index contributed by atoms with van der Waals surface area (Å²) in [6.07, 6.45) is 0.0697. The Morgan fingerprint density at radius 1 is 1.39 bits per heavy atom. The first kappa shape index (κ1) is 17.8. The number of aliphatic hydroxyl groups excluding tert-OH is 1. The fourth-order valence-electron chi connectivity index (χ4n) is 2.97. The van der Waals surface area contributed by atoms with Crippen LogP contribution in [-0.2, 0) is 10.3 Å². The Morgan fingerprint density at radius 2 is 2.04 bits per heavy atom. The van der Waals surface area contributed by atoms with Gasteiger partial charge in [-0.05, 0) is 51.9 Å². The summed E-state index contributed by atoms with van der Waals surface area (Å²) in [4.78, 5) is 14.7. The number of piperidine rings is 1. The van der Waals surface area contributed by atoms with Crippen LogP contribution < -0.4 is 10.1 Å². The minimum Gasteiger partial charge on any atom is -0.494 e. The molecule has 5 heteroatoms. The second kappa shape index (κ2) is 7.32. The van der Waals surface area contributed by atoms with E-state index in [2.05, 4.69) is 10.2 Å². The van der Waals surface area contributed by atoms with Gasteiger partial charge >= 0.3 is 0 Å². The minimum atomic E-state index is -0.567. The van der Waals surface area contributed by atoms with E-state index in [-0.39, 0.29) is 11.8 Å². The van der Waals surface area contributed by atoms with E-state index in [1.165, 1.54) is 0 Å². The lowest BCUT2D eigenvalue weighted by Crippen LogP contribution is -2.52. The molecule has 128 valence electrons. The number of carbonyl (C=O) groups excluding carboxylic acids is 1. The largest absolute Gasteiger partial charge is 0.494 e. The molecule has 0 aliphatic carbocycles. The van der Waals surface area contributed by atoms with Gasteiger partial charge in [-0.15, -0.1) is 0 Å². The van der Waals surface area contributed by atoms with E-state index in [1.54, 1.807) is 0 Å². The van der Waals surface area contributed by atoms with Crippen LogP contribution in [0.25, 0.3) is 0 Å². The van der Waals surface area contributed by atoms with Crippen LogP contribution in [0.5, 0.6) is 5.75 Å². The average molecular weight is 320 g/mol. The molecule has 1 fully saturated rings. The van der Waals surface area contributed by atoms with Gasteiger partial charge in [-0.25, -0.2) is 0 Å². The highest BCUT2D eigenvalue weighted by atomic mass is 16.5. The third-order valence-electron chi connectivity index (χ3n) is 4.44. The summed E-state index contributed by atoms with van der Waals surface area (Å²) >= 11 is 0. The van der Waals surface area contributed by atoms with Crippen LogP contribution in [-0.4, -0.2) is 48.8 Å². The number of ether oxygens (including phenoxy) is 1. The smallest absolute Gasteiger partial charge is 0.227 e. The van der Waals surface area contributed by atoms with Crippen molar-refractivity contribution < 1.29 is 14.6 Å². The molecule has 1 aromatic rings. The molecule has 0 spiro atoms. The highest BCUT2D eigenvalue weighted by molar-refractivity contribution is 5.80. The predicted octanol–water partition coefficient (Wildman–Crippen LogP) is 1.75. The van der Waals surface area contributed by atoms with Crippen LogP contribution in [0.1, 0.15) is 32.8 Å². The molecule has 0 saturated carbocycles. The monoisotopic (exact) mass is 320 g/mol. The maximum atomic E-state index is 12.6. The van der Waals surface area contributed by atoms with Crippen LogP contribution in [0.2, 0.25) is 0 Å². The van der Waals surface area contributed by atoms with Crippen molar-refractivity contribution >= 4 is 5.91 Å². The molecule has 5 nitrogen and oxygen atoms in total. The van der Waals surface area contributed by atoms with Gasteiger partial charge in [0.25, 0.3) is 0 Å². The Balaban J connectivity index is 2.05.